The molecule has 0 saturated heterocycles. The van der Waals surface area contributed by atoms with E-state index in [0.717, 1.165) is 56.7 Å². The molecule has 0 aliphatic carbocycles. The smallest absolute Gasteiger partial charge is 0.0465 e. The van der Waals surface area contributed by atoms with E-state index in [9.17, 15) is 0 Å². The van der Waals surface area contributed by atoms with Crippen molar-refractivity contribution in [1.82, 2.24) is 14.8 Å². The van der Waals surface area contributed by atoms with Crippen LogP contribution in [0, 0.1) is 0 Å². The third kappa shape index (κ3) is 7.04. The number of fused-ring (bicyclic) bond motifs is 3. The minimum atomic E-state index is 0.634. The van der Waals surface area contributed by atoms with Crippen LogP contribution < -0.4 is 17.2 Å². The second-order valence-corrected chi connectivity index (χ2v) is 11.0. The molecule has 0 saturated carbocycles. The van der Waals surface area contributed by atoms with Crippen LogP contribution in [0.1, 0.15) is 24.5 Å². The Morgan fingerprint density at radius 3 is 1.41 bits per heavy atom. The summed E-state index contributed by atoms with van der Waals surface area (Å²) in [6.07, 6.45) is 1.13. The first-order chi connectivity index (χ1) is 20.1. The van der Waals surface area contributed by atoms with Gasteiger partial charge in [-0.1, -0.05) is 55.5 Å². The number of nitrogens with zero attached hydrogens (tertiary/aromatic N) is 2. The summed E-state index contributed by atoms with van der Waals surface area (Å²) < 4.78 is 0. The van der Waals surface area contributed by atoms with Gasteiger partial charge in [0.2, 0.25) is 0 Å². The lowest BCUT2D eigenvalue weighted by atomic mass is 9.98. The Kier molecular flexibility index (Phi) is 9.83. The standard InChI is InChI=1S/C35H44N6/c1-2-16-40(17-13-36)24-26-5-3-7-28(20-26)30-9-11-34-32(22-30)33-23-31(10-12-35(33)39-34)29-8-4-6-27(21-29)25-41(18-14-37)19-15-38/h3-12,20-23,39H,2,13-19,24-25,36-38H2,1H3. The van der Waals surface area contributed by atoms with Crippen LogP contribution in [0.2, 0.25) is 0 Å². The van der Waals surface area contributed by atoms with Gasteiger partial charge in [0.05, 0.1) is 0 Å². The minimum Gasteiger partial charge on any atom is -0.355 e. The van der Waals surface area contributed by atoms with E-state index in [-0.39, 0.29) is 0 Å². The molecule has 7 N–H and O–H groups in total. The Balaban J connectivity index is 1.45. The van der Waals surface area contributed by atoms with Crippen LogP contribution in [0.5, 0.6) is 0 Å². The van der Waals surface area contributed by atoms with Crippen molar-refractivity contribution in [2.24, 2.45) is 17.2 Å². The van der Waals surface area contributed by atoms with Gasteiger partial charge in [-0.15, -0.1) is 0 Å². The quantitative estimate of drug-likeness (QED) is 0.146. The van der Waals surface area contributed by atoms with E-state index in [1.165, 1.54) is 44.2 Å². The predicted molar refractivity (Wildman–Crippen MR) is 175 cm³/mol. The third-order valence-corrected chi connectivity index (χ3v) is 7.81. The van der Waals surface area contributed by atoms with Crippen molar-refractivity contribution < 1.29 is 0 Å². The fraction of sp³-hybridized carbons (Fsp3) is 0.314. The number of hydrogen-bond donors (Lipinski definition) is 4. The van der Waals surface area contributed by atoms with Crippen LogP contribution in [0.15, 0.2) is 84.9 Å². The van der Waals surface area contributed by atoms with Crippen LogP contribution in [0.25, 0.3) is 44.1 Å². The number of aromatic amines is 1. The average Bonchev–Trinajstić information content (AvgIpc) is 3.35. The van der Waals surface area contributed by atoms with Gasteiger partial charge in [-0.05, 0) is 82.7 Å². The Hall–Kier alpha value is -3.52. The van der Waals surface area contributed by atoms with Gasteiger partial charge in [0.25, 0.3) is 0 Å². The lowest BCUT2D eigenvalue weighted by Gasteiger charge is -2.21. The maximum atomic E-state index is 5.86. The van der Waals surface area contributed by atoms with E-state index in [1.54, 1.807) is 0 Å². The molecule has 5 rings (SSSR count). The van der Waals surface area contributed by atoms with Gasteiger partial charge in [0.1, 0.15) is 0 Å². The van der Waals surface area contributed by atoms with Crippen molar-refractivity contribution in [2.75, 3.05) is 45.8 Å². The number of hydrogen-bond acceptors (Lipinski definition) is 5. The van der Waals surface area contributed by atoms with Gasteiger partial charge in [-0.2, -0.15) is 0 Å². The molecule has 214 valence electrons. The summed E-state index contributed by atoms with van der Waals surface area (Å²) in [5.41, 5.74) is 27.3. The maximum Gasteiger partial charge on any atom is 0.0465 e. The molecule has 4 aromatic carbocycles. The lowest BCUT2D eigenvalue weighted by Crippen LogP contribution is -2.33. The molecule has 0 bridgehead atoms. The molecule has 0 atom stereocenters. The van der Waals surface area contributed by atoms with Crippen LogP contribution in [-0.4, -0.2) is 60.6 Å². The first-order valence-corrected chi connectivity index (χ1v) is 14.9. The van der Waals surface area contributed by atoms with Crippen molar-refractivity contribution in [3.8, 4) is 22.3 Å². The highest BCUT2D eigenvalue weighted by molar-refractivity contribution is 6.09. The molecular formula is C35H44N6. The topological polar surface area (TPSA) is 100 Å². The van der Waals surface area contributed by atoms with E-state index < -0.39 is 0 Å². The second-order valence-electron chi connectivity index (χ2n) is 11.0. The van der Waals surface area contributed by atoms with Crippen LogP contribution in [0.4, 0.5) is 0 Å². The number of rotatable bonds is 14. The monoisotopic (exact) mass is 548 g/mol. The van der Waals surface area contributed by atoms with Crippen molar-refractivity contribution >= 4 is 21.8 Å². The van der Waals surface area contributed by atoms with Crippen molar-refractivity contribution in [3.05, 3.63) is 96.1 Å². The summed E-state index contributed by atoms with van der Waals surface area (Å²) in [7, 11) is 0. The highest BCUT2D eigenvalue weighted by atomic mass is 15.1. The molecule has 1 aromatic heterocycles. The maximum absolute atomic E-state index is 5.86. The van der Waals surface area contributed by atoms with E-state index >= 15 is 0 Å². The molecule has 0 amide bonds. The highest BCUT2D eigenvalue weighted by Gasteiger charge is 2.11. The molecule has 6 nitrogen and oxygen atoms in total. The normalized spacial score (nSPS) is 11.9. The van der Waals surface area contributed by atoms with Gasteiger partial charge < -0.3 is 22.2 Å². The Morgan fingerprint density at radius 1 is 0.537 bits per heavy atom. The molecule has 0 spiro atoms. The van der Waals surface area contributed by atoms with Gasteiger partial charge >= 0.3 is 0 Å². The van der Waals surface area contributed by atoms with Crippen molar-refractivity contribution in [1.29, 1.82) is 0 Å². The largest absolute Gasteiger partial charge is 0.355 e. The molecule has 0 fully saturated rings. The summed E-state index contributed by atoms with van der Waals surface area (Å²) in [6.45, 7) is 9.62. The molecule has 0 aliphatic rings. The molecule has 41 heavy (non-hydrogen) atoms. The lowest BCUT2D eigenvalue weighted by molar-refractivity contribution is 0.273. The van der Waals surface area contributed by atoms with E-state index in [0.29, 0.717) is 19.6 Å². The van der Waals surface area contributed by atoms with Crippen LogP contribution >= 0.6 is 0 Å². The van der Waals surface area contributed by atoms with Gasteiger partial charge in [0, 0.05) is 74.2 Å². The van der Waals surface area contributed by atoms with Crippen molar-refractivity contribution in [3.63, 3.8) is 0 Å². The molecular weight excluding hydrogens is 504 g/mol. The summed E-state index contributed by atoms with van der Waals surface area (Å²) in [6, 6.07) is 31.2. The summed E-state index contributed by atoms with van der Waals surface area (Å²) in [5.74, 6) is 0. The summed E-state index contributed by atoms with van der Waals surface area (Å²) >= 11 is 0. The van der Waals surface area contributed by atoms with Crippen LogP contribution in [-0.2, 0) is 13.1 Å². The highest BCUT2D eigenvalue weighted by Crippen LogP contribution is 2.33. The third-order valence-electron chi connectivity index (χ3n) is 7.81. The zero-order chi connectivity index (χ0) is 28.6. The molecule has 5 aromatic rings. The molecule has 0 aliphatic heterocycles. The zero-order valence-corrected chi connectivity index (χ0v) is 24.3. The van der Waals surface area contributed by atoms with E-state index in [1.807, 2.05) is 0 Å². The molecule has 0 unspecified atom stereocenters. The van der Waals surface area contributed by atoms with Crippen molar-refractivity contribution in [2.45, 2.75) is 26.4 Å². The Labute approximate surface area is 244 Å². The SMILES string of the molecule is CCCN(CCN)Cc1cccc(-c2ccc3[nH]c4ccc(-c5cccc(CN(CCN)CCN)c5)cc4c3c2)c1. The van der Waals surface area contributed by atoms with Gasteiger partial charge in [0.15, 0.2) is 0 Å². The molecule has 0 radical (unpaired) electrons. The fourth-order valence-electron chi connectivity index (χ4n) is 5.88. The minimum absolute atomic E-state index is 0.634. The number of H-pyrrole nitrogens is 1. The van der Waals surface area contributed by atoms with E-state index in [4.69, 9.17) is 17.2 Å². The molecule has 6 heteroatoms. The summed E-state index contributed by atoms with van der Waals surface area (Å²) in [4.78, 5) is 8.37. The van der Waals surface area contributed by atoms with E-state index in [2.05, 4.69) is 107 Å². The van der Waals surface area contributed by atoms with Crippen LogP contribution in [0.3, 0.4) is 0 Å². The number of aromatic nitrogens is 1. The zero-order valence-electron chi connectivity index (χ0n) is 24.3. The first kappa shape index (κ1) is 29.0. The molecule has 1 heterocycles. The average molecular weight is 549 g/mol. The second kappa shape index (κ2) is 13.9. The number of benzene rings is 4. The van der Waals surface area contributed by atoms with Gasteiger partial charge in [-0.25, -0.2) is 0 Å². The number of nitrogens with one attached hydrogen (secondary N) is 1. The van der Waals surface area contributed by atoms with Gasteiger partial charge in [-0.3, -0.25) is 9.80 Å². The first-order valence-electron chi connectivity index (χ1n) is 14.9. The fourth-order valence-corrected chi connectivity index (χ4v) is 5.88. The Bertz CT molecular complexity index is 1440. The predicted octanol–water partition coefficient (Wildman–Crippen LogP) is 5.55. The Morgan fingerprint density at radius 2 is 0.976 bits per heavy atom. The number of nitrogens with two attached hydrogens (primary N) is 3. The summed E-state index contributed by atoms with van der Waals surface area (Å²) in [5, 5.41) is 2.49.